The van der Waals surface area contributed by atoms with Crippen LogP contribution in [0.2, 0.25) is 0 Å². The Morgan fingerprint density at radius 1 is 1.34 bits per heavy atom. The third-order valence-electron chi connectivity index (χ3n) is 5.20. The fraction of sp³-hybridized carbons (Fsp3) is 0.368. The molecule has 1 aromatic heterocycles. The lowest BCUT2D eigenvalue weighted by atomic mass is 9.80. The average Bonchev–Trinajstić information content (AvgIpc) is 3.12. The normalized spacial score (nSPS) is 21.1. The van der Waals surface area contributed by atoms with Gasteiger partial charge in [0.2, 0.25) is 0 Å². The van der Waals surface area contributed by atoms with Gasteiger partial charge in [0.15, 0.2) is 11.4 Å². The maximum atomic E-state index is 13.4. The Hall–Kier alpha value is -3.82. The minimum atomic E-state index is -4.88. The summed E-state index contributed by atoms with van der Waals surface area (Å²) >= 11 is 0. The van der Waals surface area contributed by atoms with Crippen molar-refractivity contribution in [3.05, 3.63) is 41.8 Å². The van der Waals surface area contributed by atoms with Gasteiger partial charge in [-0.2, -0.15) is 23.5 Å². The highest BCUT2D eigenvalue weighted by Crippen LogP contribution is 2.44. The summed E-state index contributed by atoms with van der Waals surface area (Å²) < 4.78 is 54.3. The smallest absolute Gasteiger partial charge is 0.392 e. The number of hydrogen-bond acceptors (Lipinski definition) is 6. The van der Waals surface area contributed by atoms with Crippen molar-refractivity contribution in [1.29, 1.82) is 5.26 Å². The van der Waals surface area contributed by atoms with Gasteiger partial charge in [0.1, 0.15) is 17.5 Å². The molecule has 13 heteroatoms. The number of halogens is 4. The van der Waals surface area contributed by atoms with Crippen LogP contribution < -0.4 is 16.2 Å². The van der Waals surface area contributed by atoms with Gasteiger partial charge in [0, 0.05) is 18.4 Å². The topological polar surface area (TPSA) is 140 Å². The molecule has 3 rings (SSSR count). The highest BCUT2D eigenvalue weighted by Gasteiger charge is 2.55. The van der Waals surface area contributed by atoms with Gasteiger partial charge < -0.3 is 25.9 Å². The van der Waals surface area contributed by atoms with Crippen LogP contribution in [0.25, 0.3) is 0 Å². The zero-order valence-corrected chi connectivity index (χ0v) is 16.4. The molecule has 2 amide bonds. The van der Waals surface area contributed by atoms with Crippen LogP contribution in [0.3, 0.4) is 0 Å². The summed E-state index contributed by atoms with van der Waals surface area (Å²) in [7, 11) is 0. The van der Waals surface area contributed by atoms with Crippen LogP contribution in [-0.4, -0.2) is 44.9 Å². The molecule has 1 saturated heterocycles. The van der Waals surface area contributed by atoms with Crippen molar-refractivity contribution < 1.29 is 32.3 Å². The third kappa shape index (κ3) is 4.43. The Morgan fingerprint density at radius 2 is 2.00 bits per heavy atom. The first kappa shape index (κ1) is 22.9. The fourth-order valence-electron chi connectivity index (χ4n) is 3.85. The number of hydrogen-bond donors (Lipinski definition) is 2. The van der Waals surface area contributed by atoms with Crippen LogP contribution in [0.1, 0.15) is 35.7 Å². The number of amides is 2. The summed E-state index contributed by atoms with van der Waals surface area (Å²) in [6, 6.07) is 5.06. The van der Waals surface area contributed by atoms with Gasteiger partial charge in [0.05, 0.1) is 18.5 Å². The Labute approximate surface area is 179 Å². The first-order valence-corrected chi connectivity index (χ1v) is 9.35. The van der Waals surface area contributed by atoms with Crippen LogP contribution >= 0.6 is 0 Å². The van der Waals surface area contributed by atoms with Gasteiger partial charge in [-0.25, -0.2) is 4.39 Å². The van der Waals surface area contributed by atoms with Crippen LogP contribution in [0, 0.1) is 17.1 Å². The molecule has 0 bridgehead atoms. The number of rotatable bonds is 5. The molecule has 170 valence electrons. The van der Waals surface area contributed by atoms with Crippen molar-refractivity contribution in [2.45, 2.75) is 37.0 Å². The van der Waals surface area contributed by atoms with Crippen molar-refractivity contribution in [3.63, 3.8) is 0 Å². The molecule has 1 aliphatic heterocycles. The number of nitrogens with two attached hydrogens (primary N) is 1. The second-order valence-electron chi connectivity index (χ2n) is 7.27. The molecule has 9 nitrogen and oxygen atoms in total. The van der Waals surface area contributed by atoms with E-state index < -0.39 is 42.0 Å². The zero-order chi connectivity index (χ0) is 23.7. The van der Waals surface area contributed by atoms with Crippen molar-refractivity contribution in [2.24, 2.45) is 5.73 Å². The van der Waals surface area contributed by atoms with Gasteiger partial charge in [-0.3, -0.25) is 9.48 Å². The summed E-state index contributed by atoms with van der Waals surface area (Å²) in [6.07, 6.45) is -7.40. The van der Waals surface area contributed by atoms with Crippen LogP contribution in [0.5, 0.6) is 0 Å². The van der Waals surface area contributed by atoms with E-state index in [1.165, 1.54) is 18.2 Å². The molecule has 32 heavy (non-hydrogen) atoms. The standard InChI is InChI=1S/C19H18F4N6O3/c20-11-3-5-12(6-4-11)26-16-13(15(25)30)8-29(27-16)14-2-1-7-28(17(31)32)18(14,10-24)9-19(21,22)23/h3-6,8,14H,1-2,7,9H2,(H2,25,30)(H,26,27)(H,31,32)/p-1. The number of aromatic nitrogens is 2. The number of carboxylic acid groups (broad SMARTS) is 1. The summed E-state index contributed by atoms with van der Waals surface area (Å²) in [5, 5.41) is 28.1. The maximum Gasteiger partial charge on any atom is 0.392 e. The number of anilines is 2. The quantitative estimate of drug-likeness (QED) is 0.664. The van der Waals surface area contributed by atoms with E-state index in [1.54, 1.807) is 0 Å². The Morgan fingerprint density at radius 3 is 2.53 bits per heavy atom. The molecule has 2 atom stereocenters. The molecular formula is C19H17F4N6O3-. The minimum Gasteiger partial charge on any atom is -0.530 e. The predicted molar refractivity (Wildman–Crippen MR) is 99.8 cm³/mol. The van der Waals surface area contributed by atoms with E-state index in [-0.39, 0.29) is 30.8 Å². The third-order valence-corrected chi connectivity index (χ3v) is 5.20. The number of nitriles is 1. The summed E-state index contributed by atoms with van der Waals surface area (Å²) in [6.45, 7) is -0.326. The zero-order valence-electron chi connectivity index (χ0n) is 16.4. The molecular weight excluding hydrogens is 436 g/mol. The lowest BCUT2D eigenvalue weighted by molar-refractivity contribution is -0.276. The predicted octanol–water partition coefficient (Wildman–Crippen LogP) is 2.06. The number of nitrogens with zero attached hydrogens (tertiary/aromatic N) is 4. The number of carbonyl (C=O) groups is 2. The van der Waals surface area contributed by atoms with Gasteiger partial charge in [-0.1, -0.05) is 0 Å². The molecule has 0 spiro atoms. The SMILES string of the molecule is N#CC1(CC(F)(F)F)C(n2cc(C(N)=O)c(Nc3ccc(F)cc3)n2)CCCN1C(=O)[O-]. The van der Waals surface area contributed by atoms with E-state index in [4.69, 9.17) is 5.73 Å². The lowest BCUT2D eigenvalue weighted by Gasteiger charge is -2.48. The highest BCUT2D eigenvalue weighted by molar-refractivity contribution is 5.98. The Kier molecular flexibility index (Phi) is 5.98. The molecule has 2 aromatic rings. The van der Waals surface area contributed by atoms with Crippen molar-refractivity contribution in [1.82, 2.24) is 14.7 Å². The maximum absolute atomic E-state index is 13.4. The summed E-state index contributed by atoms with van der Waals surface area (Å²) in [4.78, 5) is 23.8. The van der Waals surface area contributed by atoms with E-state index in [0.29, 0.717) is 10.6 Å². The number of primary amides is 1. The van der Waals surface area contributed by atoms with Gasteiger partial charge in [-0.15, -0.1) is 0 Å². The molecule has 1 aromatic carbocycles. The average molecular weight is 453 g/mol. The summed E-state index contributed by atoms with van der Waals surface area (Å²) in [5.74, 6) is -1.63. The number of benzene rings is 1. The van der Waals surface area contributed by atoms with Gasteiger partial charge in [0.25, 0.3) is 5.91 Å². The van der Waals surface area contributed by atoms with E-state index in [9.17, 15) is 37.5 Å². The van der Waals surface area contributed by atoms with Gasteiger partial charge >= 0.3 is 6.18 Å². The molecule has 2 unspecified atom stereocenters. The monoisotopic (exact) mass is 453 g/mol. The Bertz CT molecular complexity index is 1060. The number of piperidine rings is 1. The fourth-order valence-corrected chi connectivity index (χ4v) is 3.85. The van der Waals surface area contributed by atoms with Crippen molar-refractivity contribution in [3.8, 4) is 6.07 Å². The molecule has 2 heterocycles. The van der Waals surface area contributed by atoms with Crippen LogP contribution in [0.4, 0.5) is 33.9 Å². The van der Waals surface area contributed by atoms with E-state index in [2.05, 4.69) is 10.4 Å². The largest absolute Gasteiger partial charge is 0.530 e. The second-order valence-corrected chi connectivity index (χ2v) is 7.27. The molecule has 0 radical (unpaired) electrons. The molecule has 0 aliphatic carbocycles. The highest BCUT2D eigenvalue weighted by atomic mass is 19.4. The second kappa shape index (κ2) is 8.37. The van der Waals surface area contributed by atoms with Gasteiger partial charge in [-0.05, 0) is 37.1 Å². The number of nitrogens with one attached hydrogen (secondary N) is 1. The van der Waals surface area contributed by atoms with E-state index in [1.807, 2.05) is 0 Å². The number of likely N-dealkylation sites (tertiary alicyclic amines) is 1. The lowest BCUT2D eigenvalue weighted by Crippen LogP contribution is -2.63. The molecule has 3 N–H and O–H groups in total. The van der Waals surface area contributed by atoms with Crippen molar-refractivity contribution in [2.75, 3.05) is 11.9 Å². The van der Waals surface area contributed by atoms with Crippen LogP contribution in [-0.2, 0) is 0 Å². The minimum absolute atomic E-state index is 0.0245. The first-order chi connectivity index (χ1) is 15.0. The van der Waals surface area contributed by atoms with E-state index >= 15 is 0 Å². The van der Waals surface area contributed by atoms with Crippen LogP contribution in [0.15, 0.2) is 30.5 Å². The number of carbonyl (C=O) groups excluding carboxylic acids is 2. The molecule has 0 saturated carbocycles. The molecule has 1 aliphatic rings. The van der Waals surface area contributed by atoms with E-state index in [0.717, 1.165) is 23.0 Å². The number of alkyl halides is 3. The molecule has 1 fully saturated rings. The van der Waals surface area contributed by atoms with Crippen molar-refractivity contribution >= 4 is 23.5 Å². The summed E-state index contributed by atoms with van der Waals surface area (Å²) in [5.41, 5.74) is 2.89. The first-order valence-electron chi connectivity index (χ1n) is 9.35. The Balaban J connectivity index is 2.09.